The van der Waals surface area contributed by atoms with Crippen LogP contribution in [0.3, 0.4) is 0 Å². The Hall–Kier alpha value is -0.550. The third-order valence-electron chi connectivity index (χ3n) is 1.72. The number of nitrogens with one attached hydrogen (secondary N) is 1. The molecule has 88 valence electrons. The molecule has 0 aromatic heterocycles. The average molecular weight is 350 g/mol. The van der Waals surface area contributed by atoms with E-state index in [0.717, 1.165) is 20.3 Å². The van der Waals surface area contributed by atoms with Crippen LogP contribution in [-0.4, -0.2) is 19.4 Å². The largest absolute Gasteiger partial charge is 0.489 e. The summed E-state index contributed by atoms with van der Waals surface area (Å²) in [4.78, 5) is 0. The lowest BCUT2D eigenvalue weighted by molar-refractivity contribution is 0.239. The average Bonchev–Trinajstić information content (AvgIpc) is 2.20. The summed E-state index contributed by atoms with van der Waals surface area (Å²) in [6, 6.07) is 3.92. The maximum absolute atomic E-state index is 5.68. The monoisotopic (exact) mass is 348 g/mol. The zero-order valence-corrected chi connectivity index (χ0v) is 12.6. The van der Waals surface area contributed by atoms with Gasteiger partial charge in [-0.2, -0.15) is 5.10 Å². The van der Waals surface area contributed by atoms with Crippen LogP contribution in [0.2, 0.25) is 0 Å². The van der Waals surface area contributed by atoms with Crippen LogP contribution in [0.15, 0.2) is 26.2 Å². The molecule has 0 amide bonds. The van der Waals surface area contributed by atoms with Gasteiger partial charge in [0.1, 0.15) is 5.75 Å². The van der Waals surface area contributed by atoms with Crippen molar-refractivity contribution in [3.05, 3.63) is 26.6 Å². The molecule has 0 unspecified atom stereocenters. The molecule has 0 radical (unpaired) electrons. The smallest absolute Gasteiger partial charge is 0.148 e. The van der Waals surface area contributed by atoms with Gasteiger partial charge in [0, 0.05) is 7.05 Å². The zero-order valence-electron chi connectivity index (χ0n) is 9.42. The van der Waals surface area contributed by atoms with Gasteiger partial charge in [0.25, 0.3) is 0 Å². The highest BCUT2D eigenvalue weighted by molar-refractivity contribution is 9.11. The van der Waals surface area contributed by atoms with E-state index < -0.39 is 0 Å². The topological polar surface area (TPSA) is 33.6 Å². The number of benzene rings is 1. The summed E-state index contributed by atoms with van der Waals surface area (Å²) in [5, 5.41) is 3.96. The van der Waals surface area contributed by atoms with Gasteiger partial charge < -0.3 is 10.2 Å². The van der Waals surface area contributed by atoms with E-state index in [-0.39, 0.29) is 6.10 Å². The molecule has 0 bridgehead atoms. The molecular weight excluding hydrogens is 336 g/mol. The van der Waals surface area contributed by atoms with Crippen molar-refractivity contribution >= 4 is 38.1 Å². The first kappa shape index (κ1) is 13.5. The molecule has 5 heteroatoms. The molecule has 0 atom stereocenters. The second-order valence-corrected chi connectivity index (χ2v) is 5.17. The van der Waals surface area contributed by atoms with Crippen molar-refractivity contribution in [2.24, 2.45) is 5.10 Å². The predicted molar refractivity (Wildman–Crippen MR) is 74.3 cm³/mol. The summed E-state index contributed by atoms with van der Waals surface area (Å²) in [6.45, 7) is 3.99. The van der Waals surface area contributed by atoms with E-state index >= 15 is 0 Å². The maximum atomic E-state index is 5.68. The maximum Gasteiger partial charge on any atom is 0.148 e. The first-order chi connectivity index (χ1) is 7.54. The van der Waals surface area contributed by atoms with Crippen LogP contribution in [0.25, 0.3) is 0 Å². The van der Waals surface area contributed by atoms with Crippen molar-refractivity contribution in [3.8, 4) is 5.75 Å². The lowest BCUT2D eigenvalue weighted by Crippen LogP contribution is -2.07. The van der Waals surface area contributed by atoms with Gasteiger partial charge in [-0.05, 0) is 63.4 Å². The molecule has 1 N–H and O–H groups in total. The Labute approximate surface area is 113 Å². The Morgan fingerprint density at radius 2 is 1.88 bits per heavy atom. The molecule has 3 nitrogen and oxygen atoms in total. The van der Waals surface area contributed by atoms with E-state index in [0.29, 0.717) is 0 Å². The Kier molecular flexibility index (Phi) is 5.28. The highest BCUT2D eigenvalue weighted by atomic mass is 79.9. The molecule has 0 saturated carbocycles. The fourth-order valence-corrected chi connectivity index (χ4v) is 2.55. The quantitative estimate of drug-likeness (QED) is 0.666. The Bertz CT molecular complexity index is 369. The molecule has 0 fully saturated rings. The van der Waals surface area contributed by atoms with E-state index in [1.165, 1.54) is 0 Å². The van der Waals surface area contributed by atoms with Gasteiger partial charge in [-0.3, -0.25) is 0 Å². The number of hydrogen-bond acceptors (Lipinski definition) is 3. The third kappa shape index (κ3) is 3.79. The molecular formula is C11H14Br2N2O. The molecule has 0 spiro atoms. The van der Waals surface area contributed by atoms with Crippen LogP contribution < -0.4 is 10.2 Å². The van der Waals surface area contributed by atoms with E-state index in [9.17, 15) is 0 Å². The standard InChI is InChI=1S/C11H14Br2N2O/c1-7(2)16-11-9(12)4-8(5-10(11)13)6-15-14-3/h4-7,14H,1-3H3/b15-6+. The van der Waals surface area contributed by atoms with Gasteiger partial charge in [-0.15, -0.1) is 0 Å². The Morgan fingerprint density at radius 3 is 2.31 bits per heavy atom. The molecule has 0 heterocycles. The molecule has 1 aromatic rings. The van der Waals surface area contributed by atoms with Crippen molar-refractivity contribution in [3.63, 3.8) is 0 Å². The Morgan fingerprint density at radius 1 is 1.31 bits per heavy atom. The van der Waals surface area contributed by atoms with E-state index in [1.54, 1.807) is 13.3 Å². The molecule has 0 aliphatic rings. The first-order valence-electron chi connectivity index (χ1n) is 4.90. The highest BCUT2D eigenvalue weighted by Crippen LogP contribution is 2.35. The summed E-state index contributed by atoms with van der Waals surface area (Å²) in [6.07, 6.45) is 1.89. The van der Waals surface area contributed by atoms with Crippen molar-refractivity contribution in [1.29, 1.82) is 0 Å². The lowest BCUT2D eigenvalue weighted by atomic mass is 10.2. The minimum Gasteiger partial charge on any atom is -0.489 e. The van der Waals surface area contributed by atoms with Gasteiger partial charge in [-0.25, -0.2) is 0 Å². The van der Waals surface area contributed by atoms with Crippen LogP contribution in [0.4, 0.5) is 0 Å². The molecule has 16 heavy (non-hydrogen) atoms. The van der Waals surface area contributed by atoms with Crippen LogP contribution >= 0.6 is 31.9 Å². The van der Waals surface area contributed by atoms with Crippen LogP contribution in [0.1, 0.15) is 19.4 Å². The van der Waals surface area contributed by atoms with Crippen molar-refractivity contribution in [2.45, 2.75) is 20.0 Å². The van der Waals surface area contributed by atoms with Crippen LogP contribution in [-0.2, 0) is 0 Å². The number of ether oxygens (including phenoxy) is 1. The minimum absolute atomic E-state index is 0.143. The number of halogens is 2. The number of nitrogens with zero attached hydrogens (tertiary/aromatic N) is 1. The molecule has 1 rings (SSSR count). The fourth-order valence-electron chi connectivity index (χ4n) is 1.14. The normalized spacial score (nSPS) is 11.1. The van der Waals surface area contributed by atoms with Crippen molar-refractivity contribution in [2.75, 3.05) is 7.05 Å². The number of hydrazone groups is 1. The van der Waals surface area contributed by atoms with Crippen LogP contribution in [0.5, 0.6) is 5.75 Å². The van der Waals surface area contributed by atoms with Gasteiger partial charge >= 0.3 is 0 Å². The van der Waals surface area contributed by atoms with E-state index in [4.69, 9.17) is 4.74 Å². The highest BCUT2D eigenvalue weighted by Gasteiger charge is 2.09. The van der Waals surface area contributed by atoms with Gasteiger partial charge in [0.05, 0.1) is 21.3 Å². The summed E-state index contributed by atoms with van der Waals surface area (Å²) in [5.74, 6) is 0.816. The fraction of sp³-hybridized carbons (Fsp3) is 0.364. The summed E-state index contributed by atoms with van der Waals surface area (Å²) >= 11 is 6.96. The number of rotatable bonds is 4. The summed E-state index contributed by atoms with van der Waals surface area (Å²) in [5.41, 5.74) is 3.70. The second-order valence-electron chi connectivity index (χ2n) is 3.46. The number of hydrogen-bond donors (Lipinski definition) is 1. The minimum atomic E-state index is 0.143. The Balaban J connectivity index is 3.02. The van der Waals surface area contributed by atoms with Crippen molar-refractivity contribution in [1.82, 2.24) is 5.43 Å². The first-order valence-corrected chi connectivity index (χ1v) is 6.48. The molecule has 1 aromatic carbocycles. The van der Waals surface area contributed by atoms with Gasteiger partial charge in [-0.1, -0.05) is 0 Å². The second kappa shape index (κ2) is 6.25. The molecule has 0 saturated heterocycles. The van der Waals surface area contributed by atoms with Gasteiger partial charge in [0.15, 0.2) is 0 Å². The third-order valence-corrected chi connectivity index (χ3v) is 2.89. The van der Waals surface area contributed by atoms with Crippen LogP contribution in [0, 0.1) is 0 Å². The molecule has 0 aliphatic heterocycles. The summed E-state index contributed by atoms with van der Waals surface area (Å²) < 4.78 is 7.50. The SMILES string of the molecule is CN/N=C/c1cc(Br)c(OC(C)C)c(Br)c1. The molecule has 0 aliphatic carbocycles. The van der Waals surface area contributed by atoms with E-state index in [1.807, 2.05) is 26.0 Å². The zero-order chi connectivity index (χ0) is 12.1. The van der Waals surface area contributed by atoms with Gasteiger partial charge in [0.2, 0.25) is 0 Å². The van der Waals surface area contributed by atoms with Crippen molar-refractivity contribution < 1.29 is 4.74 Å². The summed E-state index contributed by atoms with van der Waals surface area (Å²) in [7, 11) is 1.76. The lowest BCUT2D eigenvalue weighted by Gasteiger charge is -2.13. The van der Waals surface area contributed by atoms with E-state index in [2.05, 4.69) is 42.4 Å². The predicted octanol–water partition coefficient (Wildman–Crippen LogP) is 3.55.